The Morgan fingerprint density at radius 2 is 2.06 bits per heavy atom. The van der Waals surface area contributed by atoms with E-state index in [2.05, 4.69) is 16.4 Å². The molecule has 1 aromatic heterocycles. The van der Waals surface area contributed by atoms with E-state index in [1.165, 1.54) is 0 Å². The summed E-state index contributed by atoms with van der Waals surface area (Å²) in [5, 5.41) is 4.00. The van der Waals surface area contributed by atoms with Crippen LogP contribution in [0.3, 0.4) is 0 Å². The molecule has 2 rings (SSSR count). The molecule has 1 N–H and O–H groups in total. The van der Waals surface area contributed by atoms with Gasteiger partial charge in [0.2, 0.25) is 5.91 Å². The van der Waals surface area contributed by atoms with Crippen molar-refractivity contribution in [2.75, 3.05) is 0 Å². The standard InChI is InChI=1S/C15H18N2O/c1-10(2)16-15(18)9-14-11(3)8-12-6-4-5-7-13(12)17-14/h4-8,10H,9H2,1-3H3,(H,16,18). The minimum absolute atomic E-state index is 0.0240. The van der Waals surface area contributed by atoms with Crippen LogP contribution in [-0.2, 0) is 11.2 Å². The summed E-state index contributed by atoms with van der Waals surface area (Å²) in [6, 6.07) is 10.2. The van der Waals surface area contributed by atoms with Crippen LogP contribution in [0.25, 0.3) is 10.9 Å². The third-order valence-corrected chi connectivity index (χ3v) is 2.80. The molecule has 0 spiro atoms. The van der Waals surface area contributed by atoms with Crippen molar-refractivity contribution in [2.45, 2.75) is 33.2 Å². The molecule has 0 unspecified atom stereocenters. The molecular weight excluding hydrogens is 224 g/mol. The van der Waals surface area contributed by atoms with Gasteiger partial charge in [-0.25, -0.2) is 0 Å². The van der Waals surface area contributed by atoms with Gasteiger partial charge in [-0.1, -0.05) is 18.2 Å². The van der Waals surface area contributed by atoms with Gasteiger partial charge in [0, 0.05) is 11.4 Å². The van der Waals surface area contributed by atoms with Crippen LogP contribution in [0.2, 0.25) is 0 Å². The van der Waals surface area contributed by atoms with Crippen molar-refractivity contribution in [3.63, 3.8) is 0 Å². The zero-order chi connectivity index (χ0) is 13.1. The lowest BCUT2D eigenvalue weighted by molar-refractivity contribution is -0.120. The van der Waals surface area contributed by atoms with Crippen LogP contribution < -0.4 is 5.32 Å². The Hall–Kier alpha value is -1.90. The fraction of sp³-hybridized carbons (Fsp3) is 0.333. The number of nitrogens with zero attached hydrogens (tertiary/aromatic N) is 1. The van der Waals surface area contributed by atoms with Gasteiger partial charge in [0.1, 0.15) is 0 Å². The number of amides is 1. The molecule has 94 valence electrons. The van der Waals surface area contributed by atoms with Gasteiger partial charge in [-0.2, -0.15) is 0 Å². The van der Waals surface area contributed by atoms with E-state index in [9.17, 15) is 4.79 Å². The first-order chi connectivity index (χ1) is 8.56. The van der Waals surface area contributed by atoms with E-state index >= 15 is 0 Å². The smallest absolute Gasteiger partial charge is 0.226 e. The minimum Gasteiger partial charge on any atom is -0.354 e. The van der Waals surface area contributed by atoms with Crippen molar-refractivity contribution >= 4 is 16.8 Å². The number of aromatic nitrogens is 1. The molecule has 0 aliphatic carbocycles. The predicted octanol–water partition coefficient (Wildman–Crippen LogP) is 2.61. The first-order valence-corrected chi connectivity index (χ1v) is 6.21. The van der Waals surface area contributed by atoms with E-state index in [0.29, 0.717) is 6.42 Å². The Labute approximate surface area is 107 Å². The summed E-state index contributed by atoms with van der Waals surface area (Å²) in [4.78, 5) is 16.3. The Morgan fingerprint density at radius 3 is 2.78 bits per heavy atom. The molecule has 3 nitrogen and oxygen atoms in total. The molecule has 0 aliphatic rings. The highest BCUT2D eigenvalue weighted by atomic mass is 16.1. The molecule has 0 saturated carbocycles. The van der Waals surface area contributed by atoms with E-state index in [1.54, 1.807) is 0 Å². The zero-order valence-electron chi connectivity index (χ0n) is 11.0. The van der Waals surface area contributed by atoms with Gasteiger partial charge in [-0.15, -0.1) is 0 Å². The lowest BCUT2D eigenvalue weighted by Gasteiger charge is -2.10. The first-order valence-electron chi connectivity index (χ1n) is 6.21. The van der Waals surface area contributed by atoms with Crippen molar-refractivity contribution in [2.24, 2.45) is 0 Å². The van der Waals surface area contributed by atoms with Crippen LogP contribution in [0.15, 0.2) is 30.3 Å². The molecule has 0 radical (unpaired) electrons. The van der Waals surface area contributed by atoms with Crippen molar-refractivity contribution in [1.29, 1.82) is 0 Å². The van der Waals surface area contributed by atoms with E-state index < -0.39 is 0 Å². The minimum atomic E-state index is 0.0240. The summed E-state index contributed by atoms with van der Waals surface area (Å²) in [5.74, 6) is 0.0240. The monoisotopic (exact) mass is 242 g/mol. The van der Waals surface area contributed by atoms with Gasteiger partial charge >= 0.3 is 0 Å². The maximum absolute atomic E-state index is 11.8. The number of para-hydroxylation sites is 1. The topological polar surface area (TPSA) is 42.0 Å². The third kappa shape index (κ3) is 2.86. The second kappa shape index (κ2) is 5.17. The van der Waals surface area contributed by atoms with E-state index in [1.807, 2.05) is 45.0 Å². The van der Waals surface area contributed by atoms with Crippen molar-refractivity contribution in [1.82, 2.24) is 10.3 Å². The van der Waals surface area contributed by atoms with Crippen LogP contribution in [-0.4, -0.2) is 16.9 Å². The highest BCUT2D eigenvalue weighted by Gasteiger charge is 2.09. The van der Waals surface area contributed by atoms with Crippen molar-refractivity contribution < 1.29 is 4.79 Å². The normalized spacial score (nSPS) is 10.9. The summed E-state index contributed by atoms with van der Waals surface area (Å²) in [7, 11) is 0. The summed E-state index contributed by atoms with van der Waals surface area (Å²) in [5.41, 5.74) is 2.86. The summed E-state index contributed by atoms with van der Waals surface area (Å²) in [6.07, 6.45) is 0.342. The van der Waals surface area contributed by atoms with E-state index in [-0.39, 0.29) is 11.9 Å². The number of carbonyl (C=O) groups is 1. The zero-order valence-corrected chi connectivity index (χ0v) is 11.0. The average Bonchev–Trinajstić information content (AvgIpc) is 2.29. The molecule has 0 fully saturated rings. The number of benzene rings is 1. The van der Waals surface area contributed by atoms with Gasteiger partial charge in [-0.3, -0.25) is 9.78 Å². The third-order valence-electron chi connectivity index (χ3n) is 2.80. The number of pyridine rings is 1. The van der Waals surface area contributed by atoms with Gasteiger partial charge in [0.25, 0.3) is 0 Å². The molecule has 0 aliphatic heterocycles. The van der Waals surface area contributed by atoms with Gasteiger partial charge in [0.15, 0.2) is 0 Å². The predicted molar refractivity (Wildman–Crippen MR) is 73.5 cm³/mol. The van der Waals surface area contributed by atoms with Crippen LogP contribution in [0.1, 0.15) is 25.1 Å². The van der Waals surface area contributed by atoms with E-state index in [4.69, 9.17) is 0 Å². The molecule has 1 heterocycles. The Bertz CT molecular complexity index is 576. The van der Waals surface area contributed by atoms with Gasteiger partial charge in [0.05, 0.1) is 17.6 Å². The number of hydrogen-bond acceptors (Lipinski definition) is 2. The number of nitrogens with one attached hydrogen (secondary N) is 1. The number of aryl methyl sites for hydroxylation is 1. The van der Waals surface area contributed by atoms with Crippen LogP contribution in [0.5, 0.6) is 0 Å². The van der Waals surface area contributed by atoms with Gasteiger partial charge < -0.3 is 5.32 Å². The summed E-state index contributed by atoms with van der Waals surface area (Å²) < 4.78 is 0. The highest BCUT2D eigenvalue weighted by molar-refractivity contribution is 5.82. The van der Waals surface area contributed by atoms with Crippen molar-refractivity contribution in [3.05, 3.63) is 41.6 Å². The number of hydrogen-bond donors (Lipinski definition) is 1. The first kappa shape index (κ1) is 12.6. The summed E-state index contributed by atoms with van der Waals surface area (Å²) >= 11 is 0. The lowest BCUT2D eigenvalue weighted by Crippen LogP contribution is -2.31. The molecule has 0 bridgehead atoms. The molecule has 3 heteroatoms. The largest absolute Gasteiger partial charge is 0.354 e. The molecule has 0 atom stereocenters. The lowest BCUT2D eigenvalue weighted by atomic mass is 10.1. The molecule has 1 aromatic carbocycles. The molecular formula is C15H18N2O. The summed E-state index contributed by atoms with van der Waals surface area (Å²) in [6.45, 7) is 5.91. The highest BCUT2D eigenvalue weighted by Crippen LogP contribution is 2.16. The van der Waals surface area contributed by atoms with Crippen LogP contribution in [0, 0.1) is 6.92 Å². The molecule has 1 amide bonds. The molecule has 0 saturated heterocycles. The number of carbonyl (C=O) groups excluding carboxylic acids is 1. The SMILES string of the molecule is Cc1cc2ccccc2nc1CC(=O)NC(C)C. The maximum Gasteiger partial charge on any atom is 0.226 e. The van der Waals surface area contributed by atoms with Gasteiger partial charge in [-0.05, 0) is 38.5 Å². The maximum atomic E-state index is 11.8. The van der Waals surface area contributed by atoms with Crippen LogP contribution >= 0.6 is 0 Å². The average molecular weight is 242 g/mol. The Balaban J connectivity index is 2.28. The van der Waals surface area contributed by atoms with Crippen molar-refractivity contribution in [3.8, 4) is 0 Å². The Morgan fingerprint density at radius 1 is 1.33 bits per heavy atom. The fourth-order valence-electron chi connectivity index (χ4n) is 1.97. The quantitative estimate of drug-likeness (QED) is 0.899. The second-order valence-corrected chi connectivity index (χ2v) is 4.84. The number of rotatable bonds is 3. The second-order valence-electron chi connectivity index (χ2n) is 4.84. The fourth-order valence-corrected chi connectivity index (χ4v) is 1.97. The van der Waals surface area contributed by atoms with E-state index in [0.717, 1.165) is 22.2 Å². The molecule has 2 aromatic rings. The molecule has 18 heavy (non-hydrogen) atoms. The van der Waals surface area contributed by atoms with Crippen LogP contribution in [0.4, 0.5) is 0 Å². The Kier molecular flexibility index (Phi) is 3.60. The number of fused-ring (bicyclic) bond motifs is 1.